The van der Waals surface area contributed by atoms with E-state index < -0.39 is 5.97 Å². The molecule has 1 aromatic carbocycles. The second-order valence-electron chi connectivity index (χ2n) is 3.63. The fraction of sp³-hybridized carbons (Fsp3) is 0.167. The van der Waals surface area contributed by atoms with Gasteiger partial charge in [-0.05, 0) is 46.6 Å². The van der Waals surface area contributed by atoms with Crippen molar-refractivity contribution >= 4 is 33.2 Å². The lowest BCUT2D eigenvalue weighted by Gasteiger charge is -1.94. The molecular formula is C12H9BrFNO2S. The number of carboxylic acids is 1. The lowest BCUT2D eigenvalue weighted by molar-refractivity contribution is -0.136. The van der Waals surface area contributed by atoms with Gasteiger partial charge < -0.3 is 5.11 Å². The van der Waals surface area contributed by atoms with E-state index in [4.69, 9.17) is 5.11 Å². The lowest BCUT2D eigenvalue weighted by Crippen LogP contribution is -1.96. The molecule has 0 unspecified atom stereocenters. The van der Waals surface area contributed by atoms with Gasteiger partial charge in [0.2, 0.25) is 0 Å². The summed E-state index contributed by atoms with van der Waals surface area (Å²) < 4.78 is 13.5. The van der Waals surface area contributed by atoms with Crippen LogP contribution in [0.5, 0.6) is 0 Å². The van der Waals surface area contributed by atoms with Gasteiger partial charge in [0.05, 0.1) is 6.42 Å². The number of aromatic nitrogens is 1. The Balaban J connectivity index is 2.22. The number of halogens is 2. The van der Waals surface area contributed by atoms with Crippen LogP contribution in [0.15, 0.2) is 28.9 Å². The van der Waals surface area contributed by atoms with Crippen molar-refractivity contribution in [1.82, 2.24) is 4.98 Å². The maximum absolute atomic E-state index is 12.8. The molecule has 18 heavy (non-hydrogen) atoms. The Labute approximate surface area is 115 Å². The number of aliphatic carboxylic acids is 1. The predicted molar refractivity (Wildman–Crippen MR) is 71.2 cm³/mol. The molecule has 0 fully saturated rings. The van der Waals surface area contributed by atoms with Crippen molar-refractivity contribution in [2.75, 3.05) is 0 Å². The first-order valence-corrected chi connectivity index (χ1v) is 6.80. The van der Waals surface area contributed by atoms with Gasteiger partial charge in [0.1, 0.15) is 15.4 Å². The number of nitrogens with zero attached hydrogens (tertiary/aromatic N) is 1. The largest absolute Gasteiger partial charge is 0.481 e. The average Bonchev–Trinajstić information content (AvgIpc) is 2.69. The smallest absolute Gasteiger partial charge is 0.303 e. The number of aryl methyl sites for hydroxylation is 1. The van der Waals surface area contributed by atoms with Crippen LogP contribution in [0.25, 0.3) is 10.6 Å². The van der Waals surface area contributed by atoms with E-state index in [0.29, 0.717) is 11.0 Å². The highest BCUT2D eigenvalue weighted by Crippen LogP contribution is 2.31. The second kappa shape index (κ2) is 5.58. The molecule has 2 rings (SSSR count). The number of carbonyl (C=O) groups is 1. The summed E-state index contributed by atoms with van der Waals surface area (Å²) in [7, 11) is 0. The molecule has 0 bridgehead atoms. The third-order valence-electron chi connectivity index (χ3n) is 2.31. The molecule has 0 radical (unpaired) electrons. The molecule has 0 saturated heterocycles. The van der Waals surface area contributed by atoms with Gasteiger partial charge in [-0.25, -0.2) is 9.37 Å². The summed E-state index contributed by atoms with van der Waals surface area (Å²) >= 11 is 4.73. The molecule has 1 N–H and O–H groups in total. The Morgan fingerprint density at radius 1 is 1.39 bits per heavy atom. The Hall–Kier alpha value is -1.27. The van der Waals surface area contributed by atoms with Gasteiger partial charge in [0.15, 0.2) is 0 Å². The van der Waals surface area contributed by atoms with Gasteiger partial charge in [0.25, 0.3) is 0 Å². The highest BCUT2D eigenvalue weighted by Gasteiger charge is 2.11. The minimum Gasteiger partial charge on any atom is -0.481 e. The van der Waals surface area contributed by atoms with Gasteiger partial charge in [-0.3, -0.25) is 4.79 Å². The molecular weight excluding hydrogens is 321 g/mol. The molecule has 0 aliphatic rings. The van der Waals surface area contributed by atoms with Crippen LogP contribution in [0.3, 0.4) is 0 Å². The Morgan fingerprint density at radius 2 is 2.06 bits per heavy atom. The van der Waals surface area contributed by atoms with Crippen molar-refractivity contribution in [3.05, 3.63) is 39.6 Å². The average molecular weight is 330 g/mol. The minimum atomic E-state index is -0.835. The summed E-state index contributed by atoms with van der Waals surface area (Å²) in [6.45, 7) is 0. The van der Waals surface area contributed by atoms with E-state index in [1.807, 2.05) is 0 Å². The first-order valence-electron chi connectivity index (χ1n) is 5.19. The summed E-state index contributed by atoms with van der Waals surface area (Å²) in [5.74, 6) is -1.13. The van der Waals surface area contributed by atoms with Crippen LogP contribution in [-0.2, 0) is 11.2 Å². The summed E-state index contributed by atoms with van der Waals surface area (Å²) in [4.78, 5) is 15.7. The third kappa shape index (κ3) is 3.14. The van der Waals surface area contributed by atoms with Crippen LogP contribution in [0, 0.1) is 5.82 Å². The maximum Gasteiger partial charge on any atom is 0.303 e. The first-order chi connectivity index (χ1) is 8.56. The van der Waals surface area contributed by atoms with Crippen molar-refractivity contribution in [3.8, 4) is 10.6 Å². The van der Waals surface area contributed by atoms with Crippen LogP contribution in [0.2, 0.25) is 0 Å². The van der Waals surface area contributed by atoms with E-state index in [9.17, 15) is 9.18 Å². The van der Waals surface area contributed by atoms with Crippen LogP contribution in [-0.4, -0.2) is 16.1 Å². The minimum absolute atomic E-state index is 0.0731. The molecule has 1 heterocycles. The van der Waals surface area contributed by atoms with E-state index in [1.54, 1.807) is 12.1 Å². The molecule has 6 heteroatoms. The van der Waals surface area contributed by atoms with Gasteiger partial charge in [-0.1, -0.05) is 0 Å². The van der Waals surface area contributed by atoms with Gasteiger partial charge in [0, 0.05) is 10.4 Å². The number of hydrogen-bond acceptors (Lipinski definition) is 3. The maximum atomic E-state index is 12.8. The van der Waals surface area contributed by atoms with Gasteiger partial charge in [-0.2, -0.15) is 0 Å². The molecule has 0 spiro atoms. The molecule has 3 nitrogen and oxygen atoms in total. The van der Waals surface area contributed by atoms with E-state index in [-0.39, 0.29) is 12.2 Å². The van der Waals surface area contributed by atoms with Crippen molar-refractivity contribution in [2.24, 2.45) is 0 Å². The summed E-state index contributed by atoms with van der Waals surface area (Å²) in [5.41, 5.74) is 0.823. The van der Waals surface area contributed by atoms with Crippen LogP contribution >= 0.6 is 27.3 Å². The van der Waals surface area contributed by atoms with Crippen molar-refractivity contribution in [3.63, 3.8) is 0 Å². The monoisotopic (exact) mass is 329 g/mol. The Morgan fingerprint density at radius 3 is 2.67 bits per heavy atom. The zero-order valence-corrected chi connectivity index (χ0v) is 11.6. The van der Waals surface area contributed by atoms with Crippen LogP contribution < -0.4 is 0 Å². The summed E-state index contributed by atoms with van der Waals surface area (Å²) in [5, 5.41) is 9.40. The standard InChI is InChI=1S/C12H9BrFNO2S/c13-11-9(5-6-10(16)17)18-12(15-11)7-1-3-8(14)4-2-7/h1-4H,5-6H2,(H,16,17). The zero-order chi connectivity index (χ0) is 13.1. The third-order valence-corrected chi connectivity index (χ3v) is 4.39. The topological polar surface area (TPSA) is 50.2 Å². The molecule has 94 valence electrons. The first kappa shape index (κ1) is 13.2. The normalized spacial score (nSPS) is 10.6. The summed E-state index contributed by atoms with van der Waals surface area (Å²) in [6, 6.07) is 6.06. The molecule has 0 saturated carbocycles. The number of thiazole rings is 1. The number of hydrogen-bond donors (Lipinski definition) is 1. The lowest BCUT2D eigenvalue weighted by atomic mass is 10.2. The number of benzene rings is 1. The molecule has 2 aromatic rings. The van der Waals surface area contributed by atoms with Gasteiger partial charge in [-0.15, -0.1) is 11.3 Å². The molecule has 0 aliphatic heterocycles. The van der Waals surface area contributed by atoms with E-state index in [0.717, 1.165) is 15.4 Å². The molecule has 0 aliphatic carbocycles. The van der Waals surface area contributed by atoms with Crippen LogP contribution in [0.1, 0.15) is 11.3 Å². The van der Waals surface area contributed by atoms with Crippen molar-refractivity contribution < 1.29 is 14.3 Å². The van der Waals surface area contributed by atoms with Crippen molar-refractivity contribution in [1.29, 1.82) is 0 Å². The Kier molecular flexibility index (Phi) is 4.08. The fourth-order valence-electron chi connectivity index (χ4n) is 1.42. The van der Waals surface area contributed by atoms with Crippen LogP contribution in [0.4, 0.5) is 4.39 Å². The molecule has 0 atom stereocenters. The fourth-order valence-corrected chi connectivity index (χ4v) is 3.12. The Bertz CT molecular complexity index is 568. The number of rotatable bonds is 4. The zero-order valence-electron chi connectivity index (χ0n) is 9.19. The highest BCUT2D eigenvalue weighted by atomic mass is 79.9. The van der Waals surface area contributed by atoms with E-state index in [2.05, 4.69) is 20.9 Å². The predicted octanol–water partition coefficient (Wildman–Crippen LogP) is 3.73. The second-order valence-corrected chi connectivity index (χ2v) is 5.47. The van der Waals surface area contributed by atoms with E-state index >= 15 is 0 Å². The number of carboxylic acid groups (broad SMARTS) is 1. The molecule has 0 amide bonds. The van der Waals surface area contributed by atoms with E-state index in [1.165, 1.54) is 23.5 Å². The van der Waals surface area contributed by atoms with Gasteiger partial charge >= 0.3 is 5.97 Å². The summed E-state index contributed by atoms with van der Waals surface area (Å²) in [6.07, 6.45) is 0.512. The highest BCUT2D eigenvalue weighted by molar-refractivity contribution is 9.10. The van der Waals surface area contributed by atoms with Crippen molar-refractivity contribution in [2.45, 2.75) is 12.8 Å². The SMILES string of the molecule is O=C(O)CCc1sc(-c2ccc(F)cc2)nc1Br. The molecule has 1 aromatic heterocycles. The quantitative estimate of drug-likeness (QED) is 0.929.